The Morgan fingerprint density at radius 2 is 2.13 bits per heavy atom. The molecule has 1 aromatic carbocycles. The summed E-state index contributed by atoms with van der Waals surface area (Å²) in [6.45, 7) is 0. The van der Waals surface area contributed by atoms with Gasteiger partial charge in [-0.05, 0) is 46.5 Å². The van der Waals surface area contributed by atoms with E-state index < -0.39 is 0 Å². The lowest BCUT2D eigenvalue weighted by atomic mass is 9.98. The number of amides is 1. The summed E-state index contributed by atoms with van der Waals surface area (Å²) in [6.07, 6.45) is 1.78. The van der Waals surface area contributed by atoms with Crippen molar-refractivity contribution in [2.24, 2.45) is 0 Å². The minimum atomic E-state index is -0.319. The second-order valence-corrected chi connectivity index (χ2v) is 5.08. The summed E-state index contributed by atoms with van der Waals surface area (Å²) in [7, 11) is 1.71. The lowest BCUT2D eigenvalue weighted by molar-refractivity contribution is -0.119. The van der Waals surface area contributed by atoms with Crippen molar-refractivity contribution in [3.8, 4) is 0 Å². The molecule has 0 saturated heterocycles. The zero-order chi connectivity index (χ0) is 10.8. The molecule has 0 aromatic heterocycles. The van der Waals surface area contributed by atoms with Gasteiger partial charge in [-0.25, -0.2) is 4.39 Å². The van der Waals surface area contributed by atoms with Crippen molar-refractivity contribution < 1.29 is 9.18 Å². The molecule has 0 atom stereocenters. The van der Waals surface area contributed by atoms with Crippen LogP contribution in [0.2, 0.25) is 0 Å². The van der Waals surface area contributed by atoms with Crippen LogP contribution in [0.1, 0.15) is 18.4 Å². The zero-order valence-electron chi connectivity index (χ0n) is 8.18. The van der Waals surface area contributed by atoms with Gasteiger partial charge < -0.3 is 4.90 Å². The summed E-state index contributed by atoms with van der Waals surface area (Å²) in [5.41, 5.74) is 1.38. The molecule has 1 amide bonds. The van der Waals surface area contributed by atoms with Crippen molar-refractivity contribution >= 4 is 27.5 Å². The third kappa shape index (κ3) is 1.00. The van der Waals surface area contributed by atoms with Crippen molar-refractivity contribution in [1.82, 2.24) is 0 Å². The van der Waals surface area contributed by atoms with E-state index in [0.29, 0.717) is 4.47 Å². The van der Waals surface area contributed by atoms with E-state index in [-0.39, 0.29) is 17.1 Å². The van der Waals surface area contributed by atoms with E-state index in [1.54, 1.807) is 18.0 Å². The SMILES string of the molecule is CN1C(=O)C2(CC2)c2cc(Br)c(F)cc21. The van der Waals surface area contributed by atoms with Gasteiger partial charge in [0.25, 0.3) is 0 Å². The van der Waals surface area contributed by atoms with Crippen LogP contribution in [-0.2, 0) is 10.2 Å². The fourth-order valence-corrected chi connectivity index (χ4v) is 2.69. The number of anilines is 1. The van der Waals surface area contributed by atoms with E-state index in [0.717, 1.165) is 24.1 Å². The van der Waals surface area contributed by atoms with E-state index >= 15 is 0 Å². The number of hydrogen-bond acceptors (Lipinski definition) is 1. The van der Waals surface area contributed by atoms with Crippen molar-refractivity contribution in [3.63, 3.8) is 0 Å². The molecule has 1 aromatic rings. The number of rotatable bonds is 0. The third-order valence-corrected chi connectivity index (χ3v) is 3.99. The molecule has 1 spiro atoms. The van der Waals surface area contributed by atoms with Crippen LogP contribution in [0.5, 0.6) is 0 Å². The van der Waals surface area contributed by atoms with Crippen LogP contribution >= 0.6 is 15.9 Å². The van der Waals surface area contributed by atoms with Crippen LogP contribution < -0.4 is 4.90 Å². The Balaban J connectivity index is 2.28. The van der Waals surface area contributed by atoms with Crippen molar-refractivity contribution in [1.29, 1.82) is 0 Å². The molecule has 1 saturated carbocycles. The molecule has 0 radical (unpaired) electrons. The van der Waals surface area contributed by atoms with E-state index in [1.165, 1.54) is 6.07 Å². The third-order valence-electron chi connectivity index (χ3n) is 3.38. The Kier molecular flexibility index (Phi) is 1.63. The monoisotopic (exact) mass is 269 g/mol. The molecular weight excluding hydrogens is 261 g/mol. The van der Waals surface area contributed by atoms with Gasteiger partial charge in [-0.15, -0.1) is 0 Å². The molecule has 2 aliphatic rings. The average molecular weight is 270 g/mol. The predicted octanol–water partition coefficient (Wildman–Crippen LogP) is 2.60. The van der Waals surface area contributed by atoms with Crippen molar-refractivity contribution in [3.05, 3.63) is 28.0 Å². The lowest BCUT2D eigenvalue weighted by Crippen LogP contribution is -2.27. The first-order valence-electron chi connectivity index (χ1n) is 4.84. The molecule has 15 heavy (non-hydrogen) atoms. The maximum atomic E-state index is 13.4. The Morgan fingerprint density at radius 1 is 1.47 bits per heavy atom. The minimum Gasteiger partial charge on any atom is -0.314 e. The van der Waals surface area contributed by atoms with Gasteiger partial charge in [0.05, 0.1) is 15.6 Å². The smallest absolute Gasteiger partial charge is 0.237 e. The van der Waals surface area contributed by atoms with Crippen molar-refractivity contribution in [2.75, 3.05) is 11.9 Å². The Hall–Kier alpha value is -0.900. The van der Waals surface area contributed by atoms with Gasteiger partial charge in [0.2, 0.25) is 5.91 Å². The van der Waals surface area contributed by atoms with Gasteiger partial charge in [0.15, 0.2) is 0 Å². The number of nitrogens with zero attached hydrogens (tertiary/aromatic N) is 1. The highest BCUT2D eigenvalue weighted by Crippen LogP contribution is 2.57. The highest BCUT2D eigenvalue weighted by atomic mass is 79.9. The summed E-state index contributed by atoms with van der Waals surface area (Å²) < 4.78 is 13.8. The number of likely N-dealkylation sites (N-methyl/N-ethyl adjacent to an activating group) is 1. The molecule has 0 bridgehead atoms. The van der Waals surface area contributed by atoms with Crippen LogP contribution in [-0.4, -0.2) is 13.0 Å². The first-order chi connectivity index (χ1) is 7.06. The molecule has 1 fully saturated rings. The number of hydrogen-bond donors (Lipinski definition) is 0. The molecule has 1 aliphatic carbocycles. The summed E-state index contributed by atoms with van der Waals surface area (Å²) in [5, 5.41) is 0. The van der Waals surface area contributed by atoms with Crippen LogP contribution in [0.4, 0.5) is 10.1 Å². The molecule has 0 unspecified atom stereocenters. The summed E-state index contributed by atoms with van der Waals surface area (Å²) in [5.74, 6) is -0.207. The second-order valence-electron chi connectivity index (χ2n) is 4.23. The van der Waals surface area contributed by atoms with Crippen LogP contribution in [0.15, 0.2) is 16.6 Å². The second kappa shape index (κ2) is 2.61. The summed E-state index contributed by atoms with van der Waals surface area (Å²) >= 11 is 3.16. The van der Waals surface area contributed by atoms with E-state index in [4.69, 9.17) is 0 Å². The topological polar surface area (TPSA) is 20.3 Å². The quantitative estimate of drug-likeness (QED) is 0.709. The molecular formula is C11H9BrFNO. The first-order valence-corrected chi connectivity index (χ1v) is 5.63. The van der Waals surface area contributed by atoms with Gasteiger partial charge in [-0.3, -0.25) is 4.79 Å². The van der Waals surface area contributed by atoms with Crippen molar-refractivity contribution in [2.45, 2.75) is 18.3 Å². The van der Waals surface area contributed by atoms with Gasteiger partial charge in [-0.1, -0.05) is 0 Å². The van der Waals surface area contributed by atoms with Crippen LogP contribution in [0.3, 0.4) is 0 Å². The molecule has 4 heteroatoms. The Morgan fingerprint density at radius 3 is 2.73 bits per heavy atom. The predicted molar refractivity (Wildman–Crippen MR) is 58.4 cm³/mol. The standard InChI is InChI=1S/C11H9BrFNO/c1-14-9-5-8(13)7(12)4-6(9)11(2-3-11)10(14)15/h4-5H,2-3H2,1H3. The number of benzene rings is 1. The number of carbonyl (C=O) groups is 1. The minimum absolute atomic E-state index is 0.106. The highest BCUT2D eigenvalue weighted by molar-refractivity contribution is 9.10. The highest BCUT2D eigenvalue weighted by Gasteiger charge is 2.58. The Bertz CT molecular complexity index is 482. The van der Waals surface area contributed by atoms with Gasteiger partial charge in [-0.2, -0.15) is 0 Å². The number of fused-ring (bicyclic) bond motifs is 2. The average Bonchev–Trinajstić information content (AvgIpc) is 2.97. The van der Waals surface area contributed by atoms with Gasteiger partial charge in [0, 0.05) is 7.05 Å². The maximum Gasteiger partial charge on any atom is 0.237 e. The fourth-order valence-electron chi connectivity index (χ4n) is 2.35. The number of halogens is 2. The van der Waals surface area contributed by atoms with E-state index in [2.05, 4.69) is 15.9 Å². The van der Waals surface area contributed by atoms with Gasteiger partial charge >= 0.3 is 0 Å². The molecule has 78 valence electrons. The molecule has 2 nitrogen and oxygen atoms in total. The van der Waals surface area contributed by atoms with Crippen LogP contribution in [0, 0.1) is 5.82 Å². The van der Waals surface area contributed by atoms with E-state index in [9.17, 15) is 9.18 Å². The van der Waals surface area contributed by atoms with Crippen LogP contribution in [0.25, 0.3) is 0 Å². The molecule has 0 N–H and O–H groups in total. The Labute approximate surface area is 95.2 Å². The molecule has 3 rings (SSSR count). The summed E-state index contributed by atoms with van der Waals surface area (Å²) in [6, 6.07) is 3.18. The maximum absolute atomic E-state index is 13.4. The fraction of sp³-hybridized carbons (Fsp3) is 0.364. The first kappa shape index (κ1) is 9.33. The zero-order valence-corrected chi connectivity index (χ0v) is 9.77. The van der Waals surface area contributed by atoms with E-state index in [1.807, 2.05) is 0 Å². The normalized spacial score (nSPS) is 21.0. The molecule has 1 heterocycles. The van der Waals surface area contributed by atoms with Gasteiger partial charge in [0.1, 0.15) is 5.82 Å². The molecule has 1 aliphatic heterocycles. The summed E-state index contributed by atoms with van der Waals surface area (Å²) in [4.78, 5) is 13.5. The lowest BCUT2D eigenvalue weighted by Gasteiger charge is -2.09. The largest absolute Gasteiger partial charge is 0.314 e. The number of carbonyl (C=O) groups excluding carboxylic acids is 1.